The molecular formula is C33H27N3O4. The summed E-state index contributed by atoms with van der Waals surface area (Å²) < 4.78 is 10.7. The number of benzene rings is 3. The second-order valence-electron chi connectivity index (χ2n) is 8.87. The lowest BCUT2D eigenvalue weighted by atomic mass is 10.1. The summed E-state index contributed by atoms with van der Waals surface area (Å²) >= 11 is 0. The van der Waals surface area contributed by atoms with Crippen LogP contribution >= 0.6 is 0 Å². The van der Waals surface area contributed by atoms with Crippen LogP contribution in [-0.2, 0) is 0 Å². The normalized spacial score (nSPS) is 10.8. The van der Waals surface area contributed by atoms with Crippen LogP contribution in [-0.4, -0.2) is 35.3 Å². The number of aromatic nitrogens is 2. The third kappa shape index (κ3) is 6.00. The number of ether oxygens (including phenoxy) is 2. The lowest BCUT2D eigenvalue weighted by molar-refractivity contribution is 0.0696. The van der Waals surface area contributed by atoms with Crippen LogP contribution in [0.15, 0.2) is 109 Å². The van der Waals surface area contributed by atoms with Crippen molar-refractivity contribution < 1.29 is 19.4 Å². The Morgan fingerprint density at radius 3 is 1.65 bits per heavy atom. The van der Waals surface area contributed by atoms with E-state index < -0.39 is 5.97 Å². The predicted molar refractivity (Wildman–Crippen MR) is 158 cm³/mol. The van der Waals surface area contributed by atoms with Gasteiger partial charge in [0.1, 0.15) is 11.5 Å². The Morgan fingerprint density at radius 1 is 0.650 bits per heavy atom. The van der Waals surface area contributed by atoms with Gasteiger partial charge in [0.25, 0.3) is 0 Å². The number of hydrogen-bond acceptors (Lipinski definition) is 6. The minimum absolute atomic E-state index is 0.172. The van der Waals surface area contributed by atoms with Crippen molar-refractivity contribution in [1.82, 2.24) is 9.97 Å². The molecule has 0 unspecified atom stereocenters. The highest BCUT2D eigenvalue weighted by atomic mass is 16.5. The first-order chi connectivity index (χ1) is 19.5. The predicted octanol–water partition coefficient (Wildman–Crippen LogP) is 7.50. The van der Waals surface area contributed by atoms with Gasteiger partial charge < -0.3 is 19.5 Å². The lowest BCUT2D eigenvalue weighted by Gasteiger charge is -2.26. The molecule has 0 amide bonds. The quantitative estimate of drug-likeness (QED) is 0.212. The van der Waals surface area contributed by atoms with Crippen molar-refractivity contribution in [3.8, 4) is 22.9 Å². The van der Waals surface area contributed by atoms with Crippen LogP contribution in [0.1, 0.15) is 21.5 Å². The van der Waals surface area contributed by atoms with Gasteiger partial charge in [0, 0.05) is 29.5 Å². The number of carboxylic acids is 1. The summed E-state index contributed by atoms with van der Waals surface area (Å²) in [6.07, 6.45) is 7.18. The van der Waals surface area contributed by atoms with Crippen LogP contribution in [0.5, 0.6) is 11.5 Å². The van der Waals surface area contributed by atoms with Gasteiger partial charge in [0.05, 0.1) is 31.2 Å². The van der Waals surface area contributed by atoms with Crippen molar-refractivity contribution in [3.05, 3.63) is 126 Å². The minimum atomic E-state index is -0.999. The fraction of sp³-hybridized carbons (Fsp3) is 0.0606. The van der Waals surface area contributed by atoms with Gasteiger partial charge in [-0.3, -0.25) is 9.97 Å². The van der Waals surface area contributed by atoms with Crippen molar-refractivity contribution in [2.45, 2.75) is 0 Å². The molecule has 3 aromatic carbocycles. The molecule has 5 aromatic rings. The van der Waals surface area contributed by atoms with Gasteiger partial charge >= 0.3 is 5.97 Å². The molecule has 2 aromatic heterocycles. The number of anilines is 3. The zero-order chi connectivity index (χ0) is 27.9. The average Bonchev–Trinajstić information content (AvgIpc) is 3.01. The van der Waals surface area contributed by atoms with Gasteiger partial charge in [-0.05, 0) is 96.1 Å². The fourth-order valence-corrected chi connectivity index (χ4v) is 4.23. The summed E-state index contributed by atoms with van der Waals surface area (Å²) in [5, 5.41) is 9.27. The largest absolute Gasteiger partial charge is 0.497 e. The average molecular weight is 530 g/mol. The maximum absolute atomic E-state index is 11.3. The molecule has 7 heteroatoms. The Morgan fingerprint density at radius 2 is 1.12 bits per heavy atom. The van der Waals surface area contributed by atoms with Crippen molar-refractivity contribution in [2.24, 2.45) is 0 Å². The zero-order valence-electron chi connectivity index (χ0n) is 22.1. The molecule has 0 aliphatic rings. The molecule has 0 aliphatic carbocycles. The van der Waals surface area contributed by atoms with Gasteiger partial charge in [-0.1, -0.05) is 24.3 Å². The third-order valence-electron chi connectivity index (χ3n) is 6.33. The molecule has 0 saturated heterocycles. The van der Waals surface area contributed by atoms with E-state index in [0.717, 1.165) is 39.7 Å². The highest BCUT2D eigenvalue weighted by Gasteiger charge is 2.13. The molecule has 0 atom stereocenters. The van der Waals surface area contributed by atoms with E-state index >= 15 is 0 Å². The van der Waals surface area contributed by atoms with E-state index in [9.17, 15) is 9.90 Å². The smallest absolute Gasteiger partial charge is 0.335 e. The van der Waals surface area contributed by atoms with Crippen molar-refractivity contribution in [3.63, 3.8) is 0 Å². The maximum Gasteiger partial charge on any atom is 0.335 e. The van der Waals surface area contributed by atoms with Gasteiger partial charge in [-0.15, -0.1) is 0 Å². The van der Waals surface area contributed by atoms with Crippen molar-refractivity contribution >= 4 is 35.2 Å². The number of aromatic carboxylic acids is 1. The standard InChI is InChI=1S/C33H27N3O4/c1-39-29-13-9-27(10-14-29)36(28-11-15-30(40-2)16-12-28)26-7-5-23(6-8-26)3-4-24-17-19-34-31(21-24)32-22-25(33(37)38)18-20-35-32/h3-22H,1-2H3,(H,37,38)/b4-3+. The molecule has 0 aliphatic heterocycles. The van der Waals surface area contributed by atoms with Gasteiger partial charge in [0.15, 0.2) is 0 Å². The Labute approximate surface area is 232 Å². The molecule has 0 bridgehead atoms. The van der Waals surface area contributed by atoms with E-state index in [1.807, 2.05) is 72.8 Å². The summed E-state index contributed by atoms with van der Waals surface area (Å²) in [7, 11) is 3.31. The second kappa shape index (κ2) is 12.0. The highest BCUT2D eigenvalue weighted by molar-refractivity contribution is 5.88. The van der Waals surface area contributed by atoms with E-state index in [4.69, 9.17) is 9.47 Å². The number of pyridine rings is 2. The summed E-state index contributed by atoms with van der Waals surface area (Å²) in [5.74, 6) is 0.591. The second-order valence-corrected chi connectivity index (χ2v) is 8.87. The summed E-state index contributed by atoms with van der Waals surface area (Å²) in [5.41, 5.74) is 6.24. The van der Waals surface area contributed by atoms with E-state index in [1.54, 1.807) is 20.4 Å². The molecule has 0 radical (unpaired) electrons. The number of carbonyl (C=O) groups is 1. The molecular weight excluding hydrogens is 502 g/mol. The number of rotatable bonds is 9. The summed E-state index contributed by atoms with van der Waals surface area (Å²) in [6.45, 7) is 0. The Balaban J connectivity index is 1.40. The SMILES string of the molecule is COc1ccc(N(c2ccc(/C=C/c3ccnc(-c4cc(C(=O)O)ccn4)c3)cc2)c2ccc(OC)cc2)cc1. The number of hydrogen-bond donors (Lipinski definition) is 1. The monoisotopic (exact) mass is 529 g/mol. The molecule has 0 spiro atoms. The first kappa shape index (κ1) is 26.2. The van der Waals surface area contributed by atoms with E-state index in [-0.39, 0.29) is 5.56 Å². The molecule has 198 valence electrons. The molecule has 0 saturated carbocycles. The molecule has 7 nitrogen and oxygen atoms in total. The number of methoxy groups -OCH3 is 2. The Bertz CT molecular complexity index is 1580. The van der Waals surface area contributed by atoms with Crippen LogP contribution in [0.4, 0.5) is 17.1 Å². The van der Waals surface area contributed by atoms with E-state index in [0.29, 0.717) is 11.4 Å². The highest BCUT2D eigenvalue weighted by Crippen LogP contribution is 2.36. The van der Waals surface area contributed by atoms with Crippen LogP contribution in [0.3, 0.4) is 0 Å². The van der Waals surface area contributed by atoms with Crippen molar-refractivity contribution in [1.29, 1.82) is 0 Å². The maximum atomic E-state index is 11.3. The van der Waals surface area contributed by atoms with Crippen LogP contribution < -0.4 is 14.4 Å². The topological polar surface area (TPSA) is 84.8 Å². The van der Waals surface area contributed by atoms with Gasteiger partial charge in [0.2, 0.25) is 0 Å². The summed E-state index contributed by atoms with van der Waals surface area (Å²) in [4.78, 5) is 22.1. The lowest BCUT2D eigenvalue weighted by Crippen LogP contribution is -2.09. The van der Waals surface area contributed by atoms with Gasteiger partial charge in [-0.2, -0.15) is 0 Å². The summed E-state index contributed by atoms with van der Waals surface area (Å²) in [6, 6.07) is 30.9. The Hall–Kier alpha value is -5.43. The van der Waals surface area contributed by atoms with Crippen LogP contribution in [0.2, 0.25) is 0 Å². The molecule has 40 heavy (non-hydrogen) atoms. The van der Waals surface area contributed by atoms with Crippen LogP contribution in [0, 0.1) is 0 Å². The third-order valence-corrected chi connectivity index (χ3v) is 6.33. The molecule has 0 fully saturated rings. The minimum Gasteiger partial charge on any atom is -0.497 e. The van der Waals surface area contributed by atoms with Gasteiger partial charge in [-0.25, -0.2) is 4.79 Å². The van der Waals surface area contributed by atoms with E-state index in [2.05, 4.69) is 39.1 Å². The first-order valence-electron chi connectivity index (χ1n) is 12.6. The van der Waals surface area contributed by atoms with Crippen molar-refractivity contribution in [2.75, 3.05) is 19.1 Å². The molecule has 5 rings (SSSR count). The molecule has 2 heterocycles. The molecule has 1 N–H and O–H groups in total. The zero-order valence-corrected chi connectivity index (χ0v) is 22.1. The Kier molecular flexibility index (Phi) is 7.83. The fourth-order valence-electron chi connectivity index (χ4n) is 4.23. The van der Waals surface area contributed by atoms with E-state index in [1.165, 1.54) is 18.3 Å². The first-order valence-corrected chi connectivity index (χ1v) is 12.6. The number of nitrogens with zero attached hydrogens (tertiary/aromatic N) is 3. The van der Waals surface area contributed by atoms with Crippen LogP contribution in [0.25, 0.3) is 23.5 Å². The number of carboxylic acid groups (broad SMARTS) is 1.